The quantitative estimate of drug-likeness (QED) is 0.439. The fourth-order valence-electron chi connectivity index (χ4n) is 3.52. The molecule has 0 aromatic carbocycles. The van der Waals surface area contributed by atoms with E-state index in [0.29, 0.717) is 0 Å². The van der Waals surface area contributed by atoms with Gasteiger partial charge < -0.3 is 33.7 Å². The van der Waals surface area contributed by atoms with Gasteiger partial charge in [-0.25, -0.2) is 14.4 Å². The van der Waals surface area contributed by atoms with E-state index in [9.17, 15) is 19.2 Å². The molecule has 2 aliphatic heterocycles. The molecular formula is C23H35NO10. The van der Waals surface area contributed by atoms with E-state index >= 15 is 0 Å². The van der Waals surface area contributed by atoms with Crippen molar-refractivity contribution in [1.82, 2.24) is 5.32 Å². The van der Waals surface area contributed by atoms with Crippen LogP contribution in [-0.2, 0) is 42.8 Å². The Labute approximate surface area is 199 Å². The van der Waals surface area contributed by atoms with Crippen LogP contribution in [0.1, 0.15) is 54.4 Å². The number of fused-ring (bicyclic) bond motifs is 1. The number of hydrogen-bond acceptors (Lipinski definition) is 10. The Morgan fingerprint density at radius 2 is 1.76 bits per heavy atom. The molecule has 11 heteroatoms. The van der Waals surface area contributed by atoms with Gasteiger partial charge in [0, 0.05) is 12.8 Å². The minimum absolute atomic E-state index is 0.0141. The van der Waals surface area contributed by atoms with Gasteiger partial charge in [-0.2, -0.15) is 0 Å². The lowest BCUT2D eigenvalue weighted by atomic mass is 9.90. The van der Waals surface area contributed by atoms with Gasteiger partial charge >= 0.3 is 24.0 Å². The lowest BCUT2D eigenvalue weighted by molar-refractivity contribution is -0.170. The second-order valence-electron chi connectivity index (χ2n) is 10.3. The Morgan fingerprint density at radius 1 is 1.12 bits per heavy atom. The largest absolute Gasteiger partial charge is 0.467 e. The fourth-order valence-corrected chi connectivity index (χ4v) is 3.52. The van der Waals surface area contributed by atoms with Crippen molar-refractivity contribution >= 4 is 24.0 Å². The van der Waals surface area contributed by atoms with Crippen LogP contribution in [0.4, 0.5) is 4.79 Å². The first-order valence-corrected chi connectivity index (χ1v) is 11.0. The molecule has 2 rings (SSSR count). The number of hydrogen-bond donors (Lipinski definition) is 1. The predicted molar refractivity (Wildman–Crippen MR) is 117 cm³/mol. The van der Waals surface area contributed by atoms with Crippen LogP contribution in [0.15, 0.2) is 11.8 Å². The third-order valence-electron chi connectivity index (χ3n) is 5.15. The number of carbonyl (C=O) groups excluding carboxylic acids is 4. The Morgan fingerprint density at radius 3 is 2.29 bits per heavy atom. The Kier molecular flexibility index (Phi) is 8.36. The fraction of sp³-hybridized carbons (Fsp3) is 0.739. The molecule has 0 saturated carbocycles. The molecule has 2 heterocycles. The van der Waals surface area contributed by atoms with Crippen molar-refractivity contribution in [3.05, 3.63) is 11.8 Å². The van der Waals surface area contributed by atoms with Crippen molar-refractivity contribution in [3.63, 3.8) is 0 Å². The maximum absolute atomic E-state index is 12.8. The molecule has 192 valence electrons. The summed E-state index contributed by atoms with van der Waals surface area (Å²) in [5, 5.41) is 2.44. The molecule has 0 aromatic rings. The maximum Gasteiger partial charge on any atom is 0.408 e. The number of methoxy groups -OCH3 is 2. The summed E-state index contributed by atoms with van der Waals surface area (Å²) in [5.74, 6) is -1.71. The van der Waals surface area contributed by atoms with Crippen LogP contribution in [0.3, 0.4) is 0 Å². The molecule has 0 bridgehead atoms. The van der Waals surface area contributed by atoms with E-state index in [2.05, 4.69) is 5.32 Å². The molecule has 1 amide bonds. The van der Waals surface area contributed by atoms with E-state index in [4.69, 9.17) is 28.4 Å². The zero-order valence-corrected chi connectivity index (χ0v) is 21.0. The second kappa shape index (κ2) is 10.3. The predicted octanol–water partition coefficient (Wildman–Crippen LogP) is 2.02. The Bertz CT molecular complexity index is 838. The molecule has 4 atom stereocenters. The maximum atomic E-state index is 12.8. The van der Waals surface area contributed by atoms with E-state index in [0.717, 1.165) is 7.11 Å². The Hall–Kier alpha value is -2.66. The number of rotatable bonds is 6. The van der Waals surface area contributed by atoms with Gasteiger partial charge in [0.05, 0.1) is 25.7 Å². The average molecular weight is 486 g/mol. The molecule has 1 N–H and O–H groups in total. The molecule has 11 nitrogen and oxygen atoms in total. The van der Waals surface area contributed by atoms with Crippen molar-refractivity contribution in [2.24, 2.45) is 5.41 Å². The molecule has 0 aromatic heterocycles. The van der Waals surface area contributed by atoms with Gasteiger partial charge in [0.2, 0.25) is 0 Å². The van der Waals surface area contributed by atoms with Crippen molar-refractivity contribution in [2.45, 2.75) is 83.8 Å². The number of alkyl carbamates (subject to hydrolysis) is 1. The molecular weight excluding hydrogens is 450 g/mol. The topological polar surface area (TPSA) is 136 Å². The summed E-state index contributed by atoms with van der Waals surface area (Å²) in [5.41, 5.74) is -3.15. The highest BCUT2D eigenvalue weighted by Crippen LogP contribution is 2.40. The Balaban J connectivity index is 2.25. The summed E-state index contributed by atoms with van der Waals surface area (Å²) in [6.45, 7) is 10.2. The van der Waals surface area contributed by atoms with Gasteiger partial charge in [0.25, 0.3) is 0 Å². The monoisotopic (exact) mass is 485 g/mol. The lowest BCUT2D eigenvalue weighted by Gasteiger charge is -2.30. The van der Waals surface area contributed by atoms with E-state index in [1.807, 2.05) is 0 Å². The third-order valence-corrected chi connectivity index (χ3v) is 5.15. The summed E-state index contributed by atoms with van der Waals surface area (Å²) < 4.78 is 32.2. The van der Waals surface area contributed by atoms with Crippen LogP contribution < -0.4 is 5.32 Å². The lowest BCUT2D eigenvalue weighted by Crippen LogP contribution is -2.51. The third kappa shape index (κ3) is 6.92. The van der Waals surface area contributed by atoms with Crippen LogP contribution in [0, 0.1) is 5.41 Å². The van der Waals surface area contributed by atoms with E-state index in [1.54, 1.807) is 47.6 Å². The van der Waals surface area contributed by atoms with Gasteiger partial charge in [0.1, 0.15) is 30.1 Å². The molecule has 1 fully saturated rings. The van der Waals surface area contributed by atoms with E-state index in [-0.39, 0.29) is 25.2 Å². The molecule has 2 aliphatic rings. The number of carbonyl (C=O) groups is 4. The van der Waals surface area contributed by atoms with E-state index in [1.165, 1.54) is 7.11 Å². The molecule has 34 heavy (non-hydrogen) atoms. The standard InChI is InChI=1S/C23H35NO10/c1-21(2,3)18(26)32-13-9-15-16(31-12-13)11-23(33-15,19(27)30-8)10-14(17(25)29-7)24-20(28)34-22(4,5)6/h9,14-16H,10-12H2,1-8H3,(H,24,28)/t14-,15+,16+,23+/m0/s1. The second-order valence-corrected chi connectivity index (χ2v) is 10.3. The van der Waals surface area contributed by atoms with Crippen molar-refractivity contribution in [1.29, 1.82) is 0 Å². The molecule has 0 spiro atoms. The highest BCUT2D eigenvalue weighted by Gasteiger charge is 2.55. The number of ether oxygens (including phenoxy) is 6. The SMILES string of the molecule is COC(=O)[C@H](C[C@]1(C(=O)OC)C[C@H]2OCC(OC(=O)C(C)(C)C)=C[C@H]2O1)NC(=O)OC(C)(C)C. The van der Waals surface area contributed by atoms with Crippen molar-refractivity contribution < 1.29 is 47.6 Å². The van der Waals surface area contributed by atoms with Crippen LogP contribution in [0.5, 0.6) is 0 Å². The van der Waals surface area contributed by atoms with Gasteiger partial charge in [-0.15, -0.1) is 0 Å². The van der Waals surface area contributed by atoms with Crippen LogP contribution in [0.2, 0.25) is 0 Å². The van der Waals surface area contributed by atoms with Crippen molar-refractivity contribution in [3.8, 4) is 0 Å². The normalized spacial score (nSPS) is 25.4. The summed E-state index contributed by atoms with van der Waals surface area (Å²) in [7, 11) is 2.35. The van der Waals surface area contributed by atoms with Crippen LogP contribution >= 0.6 is 0 Å². The summed E-state index contributed by atoms with van der Waals surface area (Å²) in [6, 6.07) is -1.26. The molecule has 1 saturated heterocycles. The van der Waals surface area contributed by atoms with Gasteiger partial charge in [0.15, 0.2) is 5.60 Å². The zero-order valence-electron chi connectivity index (χ0n) is 21.0. The number of nitrogens with one attached hydrogen (secondary N) is 1. The minimum atomic E-state index is -1.63. The molecule has 0 radical (unpaired) electrons. The van der Waals surface area contributed by atoms with E-state index < -0.39 is 58.9 Å². The number of esters is 3. The zero-order chi connectivity index (χ0) is 25.9. The van der Waals surface area contributed by atoms with Gasteiger partial charge in [-0.05, 0) is 47.6 Å². The highest BCUT2D eigenvalue weighted by molar-refractivity contribution is 5.85. The highest BCUT2D eigenvalue weighted by atomic mass is 16.6. The first-order chi connectivity index (χ1) is 15.6. The first kappa shape index (κ1) is 27.6. The summed E-state index contributed by atoms with van der Waals surface area (Å²) in [4.78, 5) is 49.8. The van der Waals surface area contributed by atoms with Crippen LogP contribution in [-0.4, -0.2) is 74.3 Å². The molecule has 0 aliphatic carbocycles. The van der Waals surface area contributed by atoms with Gasteiger partial charge in [-0.1, -0.05) is 0 Å². The van der Waals surface area contributed by atoms with Crippen molar-refractivity contribution in [2.75, 3.05) is 20.8 Å². The summed E-state index contributed by atoms with van der Waals surface area (Å²) >= 11 is 0. The molecule has 0 unspecified atom stereocenters. The summed E-state index contributed by atoms with van der Waals surface area (Å²) in [6.07, 6.45) is -0.813. The minimum Gasteiger partial charge on any atom is -0.467 e. The smallest absolute Gasteiger partial charge is 0.408 e. The average Bonchev–Trinajstić information content (AvgIpc) is 3.08. The van der Waals surface area contributed by atoms with Gasteiger partial charge in [-0.3, -0.25) is 4.79 Å². The number of amides is 1. The first-order valence-electron chi connectivity index (χ1n) is 11.0. The van der Waals surface area contributed by atoms with Crippen LogP contribution in [0.25, 0.3) is 0 Å².